The van der Waals surface area contributed by atoms with Crippen molar-refractivity contribution in [2.24, 2.45) is 0 Å². The highest BCUT2D eigenvalue weighted by Crippen LogP contribution is 2.27. The average Bonchev–Trinajstić information content (AvgIpc) is 3.04. The number of fused-ring (bicyclic) bond motifs is 1. The molecule has 0 atom stereocenters. The predicted octanol–water partition coefficient (Wildman–Crippen LogP) is 3.00. The van der Waals surface area contributed by atoms with Crippen LogP contribution in [0.1, 0.15) is 34.1 Å². The molecule has 0 fully saturated rings. The van der Waals surface area contributed by atoms with Gasteiger partial charge in [0.1, 0.15) is 5.56 Å². The van der Waals surface area contributed by atoms with Crippen molar-refractivity contribution in [3.8, 4) is 5.88 Å². The topological polar surface area (TPSA) is 86.0 Å². The number of aromatic nitrogens is 3. The lowest BCUT2D eigenvalue weighted by Gasteiger charge is -2.12. The number of nitrogens with zero attached hydrogens (tertiary/aromatic N) is 3. The van der Waals surface area contributed by atoms with Crippen molar-refractivity contribution in [2.75, 3.05) is 13.7 Å². The Bertz CT molecular complexity index is 938. The van der Waals surface area contributed by atoms with Gasteiger partial charge in [-0.1, -0.05) is 23.7 Å². The highest BCUT2D eigenvalue weighted by Gasteiger charge is 2.22. The van der Waals surface area contributed by atoms with Crippen LogP contribution in [0.15, 0.2) is 30.5 Å². The molecule has 2 heterocycles. The van der Waals surface area contributed by atoms with Crippen LogP contribution >= 0.6 is 11.6 Å². The van der Waals surface area contributed by atoms with E-state index in [-0.39, 0.29) is 30.3 Å². The van der Waals surface area contributed by atoms with Gasteiger partial charge >= 0.3 is 5.97 Å². The summed E-state index contributed by atoms with van der Waals surface area (Å²) in [5.41, 5.74) is 2.46. The molecule has 0 aliphatic rings. The van der Waals surface area contributed by atoms with E-state index in [0.29, 0.717) is 22.7 Å². The number of hydrogen-bond donors (Lipinski definition) is 1. The largest absolute Gasteiger partial charge is 0.493 e. The Hall–Kier alpha value is -2.64. The Morgan fingerprint density at radius 2 is 2.04 bits per heavy atom. The number of aromatic hydroxyl groups is 1. The molecule has 0 radical (unpaired) electrons. The summed E-state index contributed by atoms with van der Waals surface area (Å²) in [5, 5.41) is 15.4. The molecule has 3 rings (SSSR count). The molecule has 3 aromatic rings. The monoisotopic (exact) mass is 375 g/mol. The first-order chi connectivity index (χ1) is 12.5. The molecule has 7 nitrogen and oxygen atoms in total. The van der Waals surface area contributed by atoms with Crippen LogP contribution in [0, 0.1) is 0 Å². The van der Waals surface area contributed by atoms with Crippen molar-refractivity contribution < 1.29 is 19.4 Å². The molecule has 0 amide bonds. The first-order valence-electron chi connectivity index (χ1n) is 8.04. The molecule has 2 aromatic heterocycles. The highest BCUT2D eigenvalue weighted by atomic mass is 35.5. The normalized spacial score (nSPS) is 11.0. The molecule has 26 heavy (non-hydrogen) atoms. The van der Waals surface area contributed by atoms with Crippen molar-refractivity contribution >= 4 is 23.2 Å². The van der Waals surface area contributed by atoms with Gasteiger partial charge in [0.05, 0.1) is 25.1 Å². The third kappa shape index (κ3) is 3.49. The number of esters is 1. The van der Waals surface area contributed by atoms with Crippen molar-refractivity contribution in [1.82, 2.24) is 14.6 Å². The van der Waals surface area contributed by atoms with Crippen molar-refractivity contribution in [3.05, 3.63) is 57.9 Å². The Morgan fingerprint density at radius 3 is 2.69 bits per heavy atom. The molecule has 0 unspecified atom stereocenters. The lowest BCUT2D eigenvalue weighted by molar-refractivity contribution is 0.0528. The number of carbonyl (C=O) groups excluding carboxylic acids is 1. The maximum absolute atomic E-state index is 12.1. The standard InChI is InChI=1S/C18H18ClN3O4/c1-3-26-18(24)14-9-20-22-16(14)21-15(10-25-2)13(17(22)23)8-11-4-6-12(19)7-5-11/h4-7,9,23H,3,8,10H2,1-2H3. The Labute approximate surface area is 155 Å². The summed E-state index contributed by atoms with van der Waals surface area (Å²) in [4.78, 5) is 16.6. The van der Waals surface area contributed by atoms with Crippen LogP contribution in [-0.4, -0.2) is 39.4 Å². The number of methoxy groups -OCH3 is 1. The Kier molecular flexibility index (Phi) is 5.39. The maximum Gasteiger partial charge on any atom is 0.343 e. The number of halogens is 1. The summed E-state index contributed by atoms with van der Waals surface area (Å²) in [6.45, 7) is 2.14. The molecule has 0 bridgehead atoms. The summed E-state index contributed by atoms with van der Waals surface area (Å²) >= 11 is 5.92. The van der Waals surface area contributed by atoms with Gasteiger partial charge in [-0.2, -0.15) is 9.61 Å². The van der Waals surface area contributed by atoms with Crippen molar-refractivity contribution in [1.29, 1.82) is 0 Å². The van der Waals surface area contributed by atoms with Gasteiger partial charge in [0.2, 0.25) is 5.88 Å². The van der Waals surface area contributed by atoms with Gasteiger partial charge < -0.3 is 14.6 Å². The molecular weight excluding hydrogens is 358 g/mol. The van der Waals surface area contributed by atoms with Crippen LogP contribution in [0.5, 0.6) is 5.88 Å². The predicted molar refractivity (Wildman–Crippen MR) is 95.6 cm³/mol. The highest BCUT2D eigenvalue weighted by molar-refractivity contribution is 6.30. The Balaban J connectivity index is 2.10. The van der Waals surface area contributed by atoms with E-state index in [2.05, 4.69) is 10.1 Å². The summed E-state index contributed by atoms with van der Waals surface area (Å²) in [5.74, 6) is -0.629. The van der Waals surface area contributed by atoms with Gasteiger partial charge in [-0.15, -0.1) is 0 Å². The van der Waals surface area contributed by atoms with Crippen LogP contribution in [0.2, 0.25) is 5.02 Å². The Morgan fingerprint density at radius 1 is 1.31 bits per heavy atom. The smallest absolute Gasteiger partial charge is 0.343 e. The van der Waals surface area contributed by atoms with E-state index in [9.17, 15) is 9.90 Å². The zero-order chi connectivity index (χ0) is 18.7. The molecule has 1 aromatic carbocycles. The lowest BCUT2D eigenvalue weighted by atomic mass is 10.0. The van der Waals surface area contributed by atoms with Gasteiger partial charge in [-0.25, -0.2) is 9.78 Å². The molecule has 0 spiro atoms. The summed E-state index contributed by atoms with van der Waals surface area (Å²) in [6, 6.07) is 7.30. The molecule has 0 aliphatic heterocycles. The zero-order valence-corrected chi connectivity index (χ0v) is 15.2. The molecule has 8 heteroatoms. The molecule has 136 valence electrons. The minimum atomic E-state index is -0.539. The van der Waals surface area contributed by atoms with Gasteiger partial charge in [-0.05, 0) is 24.6 Å². The molecule has 0 saturated heterocycles. The number of carbonyl (C=O) groups is 1. The van der Waals surface area contributed by atoms with Gasteiger partial charge in [0, 0.05) is 24.1 Å². The number of hydrogen-bond acceptors (Lipinski definition) is 6. The molecule has 0 saturated carbocycles. The SMILES string of the molecule is CCOC(=O)c1cnn2c(O)c(Cc3ccc(Cl)cc3)c(COC)nc12. The third-order valence-corrected chi connectivity index (χ3v) is 4.13. The lowest BCUT2D eigenvalue weighted by Crippen LogP contribution is -2.09. The van der Waals surface area contributed by atoms with E-state index in [4.69, 9.17) is 21.1 Å². The van der Waals surface area contributed by atoms with Crippen LogP contribution < -0.4 is 0 Å². The molecule has 1 N–H and O–H groups in total. The second kappa shape index (κ2) is 7.72. The average molecular weight is 376 g/mol. The van der Waals surface area contributed by atoms with E-state index >= 15 is 0 Å². The second-order valence-electron chi connectivity index (χ2n) is 5.61. The number of ether oxygens (including phenoxy) is 2. The summed E-state index contributed by atoms with van der Waals surface area (Å²) in [6.07, 6.45) is 1.75. The third-order valence-electron chi connectivity index (χ3n) is 3.87. The van der Waals surface area contributed by atoms with E-state index in [1.54, 1.807) is 19.1 Å². The van der Waals surface area contributed by atoms with Crippen molar-refractivity contribution in [3.63, 3.8) is 0 Å². The molecule has 0 aliphatic carbocycles. The fourth-order valence-electron chi connectivity index (χ4n) is 2.65. The first kappa shape index (κ1) is 18.2. The summed E-state index contributed by atoms with van der Waals surface area (Å²) < 4.78 is 11.5. The van der Waals surface area contributed by atoms with Gasteiger partial charge in [0.25, 0.3) is 0 Å². The van der Waals surface area contributed by atoms with Crippen LogP contribution in [0.4, 0.5) is 0 Å². The maximum atomic E-state index is 12.1. The number of benzene rings is 1. The van der Waals surface area contributed by atoms with Crippen LogP contribution in [0.3, 0.4) is 0 Å². The van der Waals surface area contributed by atoms with E-state index in [0.717, 1.165) is 5.56 Å². The fourth-order valence-corrected chi connectivity index (χ4v) is 2.78. The minimum absolute atomic E-state index is 0.0902. The minimum Gasteiger partial charge on any atom is -0.493 e. The van der Waals surface area contributed by atoms with Crippen LogP contribution in [-0.2, 0) is 22.5 Å². The fraction of sp³-hybridized carbons (Fsp3) is 0.278. The quantitative estimate of drug-likeness (QED) is 0.666. The van der Waals surface area contributed by atoms with E-state index < -0.39 is 5.97 Å². The zero-order valence-electron chi connectivity index (χ0n) is 14.4. The van der Waals surface area contributed by atoms with Crippen LogP contribution in [0.25, 0.3) is 5.65 Å². The first-order valence-corrected chi connectivity index (χ1v) is 8.41. The van der Waals surface area contributed by atoms with Crippen molar-refractivity contribution in [2.45, 2.75) is 20.0 Å². The van der Waals surface area contributed by atoms with Gasteiger partial charge in [0.15, 0.2) is 5.65 Å². The van der Waals surface area contributed by atoms with Gasteiger partial charge in [-0.3, -0.25) is 0 Å². The van der Waals surface area contributed by atoms with E-state index in [1.165, 1.54) is 17.8 Å². The summed E-state index contributed by atoms with van der Waals surface area (Å²) in [7, 11) is 1.54. The number of rotatable bonds is 6. The second-order valence-corrected chi connectivity index (χ2v) is 6.05. The van der Waals surface area contributed by atoms with E-state index in [1.807, 2.05) is 12.1 Å². The molecular formula is C18H18ClN3O4.